The van der Waals surface area contributed by atoms with E-state index in [1.807, 2.05) is 60.1 Å². The number of rotatable bonds is 5. The van der Waals surface area contributed by atoms with Crippen molar-refractivity contribution in [1.29, 1.82) is 0 Å². The summed E-state index contributed by atoms with van der Waals surface area (Å²) in [5, 5.41) is 0. The van der Waals surface area contributed by atoms with E-state index in [-0.39, 0.29) is 4.90 Å². The number of anilines is 1. The zero-order valence-electron chi connectivity index (χ0n) is 15.5. The van der Waals surface area contributed by atoms with E-state index in [4.69, 9.17) is 4.74 Å². The zero-order chi connectivity index (χ0) is 19.7. The molecule has 0 atom stereocenters. The molecule has 0 aliphatic heterocycles. The van der Waals surface area contributed by atoms with E-state index in [0.29, 0.717) is 11.4 Å². The molecule has 2 heterocycles. The average molecular weight is 393 g/mol. The Bertz CT molecular complexity index is 1210. The molecule has 0 saturated carbocycles. The maximum atomic E-state index is 12.8. The molecule has 0 amide bonds. The first kappa shape index (κ1) is 18.1. The predicted octanol–water partition coefficient (Wildman–Crippen LogP) is 4.12. The van der Waals surface area contributed by atoms with Crippen molar-refractivity contribution in [2.24, 2.45) is 0 Å². The monoisotopic (exact) mass is 393 g/mol. The highest BCUT2D eigenvalue weighted by Crippen LogP contribution is 2.28. The Labute approximate surface area is 163 Å². The van der Waals surface area contributed by atoms with Crippen molar-refractivity contribution >= 4 is 21.4 Å². The summed E-state index contributed by atoms with van der Waals surface area (Å²) >= 11 is 0. The van der Waals surface area contributed by atoms with Crippen molar-refractivity contribution < 1.29 is 13.2 Å². The van der Waals surface area contributed by atoms with E-state index in [1.54, 1.807) is 24.3 Å². The van der Waals surface area contributed by atoms with Gasteiger partial charge in [0.2, 0.25) is 0 Å². The molecule has 0 saturated heterocycles. The smallest absolute Gasteiger partial charge is 0.265 e. The van der Waals surface area contributed by atoms with Gasteiger partial charge in [0.1, 0.15) is 16.3 Å². The molecule has 4 rings (SSSR count). The third-order valence-corrected chi connectivity index (χ3v) is 5.81. The lowest BCUT2D eigenvalue weighted by atomic mass is 10.1. The minimum Gasteiger partial charge on any atom is -0.495 e. The van der Waals surface area contributed by atoms with E-state index in [9.17, 15) is 8.42 Å². The molecule has 0 spiro atoms. The van der Waals surface area contributed by atoms with Crippen LogP contribution in [0.1, 0.15) is 5.56 Å². The van der Waals surface area contributed by atoms with Crippen molar-refractivity contribution in [2.45, 2.75) is 11.8 Å². The second-order valence-electron chi connectivity index (χ2n) is 6.43. The lowest BCUT2D eigenvalue weighted by Crippen LogP contribution is -2.14. The molecule has 0 fully saturated rings. The summed E-state index contributed by atoms with van der Waals surface area (Å²) in [6.07, 6.45) is 3.87. The van der Waals surface area contributed by atoms with Crippen LogP contribution in [0.5, 0.6) is 5.75 Å². The molecule has 0 unspecified atom stereocenters. The largest absolute Gasteiger partial charge is 0.495 e. The van der Waals surface area contributed by atoms with Gasteiger partial charge in [-0.05, 0) is 48.9 Å². The SMILES string of the molecule is COc1ccc(C)cc1S(=O)(=O)Nc1ccc(-c2cn3ccccc3n2)cc1. The first-order valence-electron chi connectivity index (χ1n) is 8.68. The van der Waals surface area contributed by atoms with Crippen LogP contribution in [-0.2, 0) is 10.0 Å². The zero-order valence-corrected chi connectivity index (χ0v) is 16.3. The van der Waals surface area contributed by atoms with E-state index in [2.05, 4.69) is 9.71 Å². The Morgan fingerprint density at radius 3 is 2.54 bits per heavy atom. The standard InChI is InChI=1S/C21H19N3O3S/c1-15-6-11-19(27-2)20(13-15)28(25,26)23-17-9-7-16(8-10-17)18-14-24-12-4-3-5-21(24)22-18/h3-14,23H,1-2H3. The van der Waals surface area contributed by atoms with E-state index >= 15 is 0 Å². The summed E-state index contributed by atoms with van der Waals surface area (Å²) < 4.78 is 35.3. The van der Waals surface area contributed by atoms with Gasteiger partial charge in [0.15, 0.2) is 0 Å². The minimum absolute atomic E-state index is 0.111. The third kappa shape index (κ3) is 3.44. The van der Waals surface area contributed by atoms with Crippen molar-refractivity contribution in [3.05, 3.63) is 78.6 Å². The number of methoxy groups -OCH3 is 1. The van der Waals surface area contributed by atoms with Gasteiger partial charge in [0.05, 0.1) is 12.8 Å². The first-order valence-corrected chi connectivity index (χ1v) is 10.2. The molecule has 0 aliphatic rings. The van der Waals surface area contributed by atoms with Crippen molar-refractivity contribution in [3.8, 4) is 17.0 Å². The summed E-state index contributed by atoms with van der Waals surface area (Å²) in [4.78, 5) is 4.69. The van der Waals surface area contributed by atoms with Crippen LogP contribution in [0.25, 0.3) is 16.9 Å². The third-order valence-electron chi connectivity index (χ3n) is 4.41. The van der Waals surface area contributed by atoms with Gasteiger partial charge in [0.25, 0.3) is 10.0 Å². The Balaban J connectivity index is 1.61. The number of aromatic nitrogens is 2. The van der Waals surface area contributed by atoms with E-state index in [1.165, 1.54) is 7.11 Å². The number of benzene rings is 2. The molecule has 2 aromatic carbocycles. The fourth-order valence-corrected chi connectivity index (χ4v) is 4.30. The van der Waals surface area contributed by atoms with Gasteiger partial charge >= 0.3 is 0 Å². The number of imidazole rings is 1. The molecule has 7 heteroatoms. The highest BCUT2D eigenvalue weighted by atomic mass is 32.2. The Morgan fingerprint density at radius 1 is 1.04 bits per heavy atom. The van der Waals surface area contributed by atoms with Crippen LogP contribution >= 0.6 is 0 Å². The molecular formula is C21H19N3O3S. The quantitative estimate of drug-likeness (QED) is 0.554. The van der Waals surface area contributed by atoms with Gasteiger partial charge in [-0.2, -0.15) is 0 Å². The van der Waals surface area contributed by atoms with E-state index < -0.39 is 10.0 Å². The lowest BCUT2D eigenvalue weighted by molar-refractivity contribution is 0.402. The fraction of sp³-hybridized carbons (Fsp3) is 0.0952. The highest BCUT2D eigenvalue weighted by molar-refractivity contribution is 7.92. The summed E-state index contributed by atoms with van der Waals surface area (Å²) in [6.45, 7) is 1.84. The van der Waals surface area contributed by atoms with Gasteiger partial charge in [-0.15, -0.1) is 0 Å². The second-order valence-corrected chi connectivity index (χ2v) is 8.08. The summed E-state index contributed by atoms with van der Waals surface area (Å²) in [5.74, 6) is 0.305. The molecule has 0 aliphatic carbocycles. The fourth-order valence-electron chi connectivity index (χ4n) is 2.99. The number of nitrogens with one attached hydrogen (secondary N) is 1. The predicted molar refractivity (Wildman–Crippen MR) is 109 cm³/mol. The number of hydrogen-bond acceptors (Lipinski definition) is 4. The van der Waals surface area contributed by atoms with E-state index in [0.717, 1.165) is 22.5 Å². The number of fused-ring (bicyclic) bond motifs is 1. The van der Waals surface area contributed by atoms with Crippen LogP contribution in [0.3, 0.4) is 0 Å². The van der Waals surface area contributed by atoms with Crippen LogP contribution < -0.4 is 9.46 Å². The summed E-state index contributed by atoms with van der Waals surface area (Å²) in [5.41, 5.74) is 3.88. The van der Waals surface area contributed by atoms with Crippen LogP contribution in [0.15, 0.2) is 78.0 Å². The van der Waals surface area contributed by atoms with Crippen molar-refractivity contribution in [1.82, 2.24) is 9.38 Å². The second kappa shape index (κ2) is 7.01. The maximum Gasteiger partial charge on any atom is 0.265 e. The van der Waals surface area contributed by atoms with Crippen LogP contribution in [0, 0.1) is 6.92 Å². The summed E-state index contributed by atoms with van der Waals surface area (Å²) in [7, 11) is -2.32. The average Bonchev–Trinajstić information content (AvgIpc) is 3.12. The van der Waals surface area contributed by atoms with Gasteiger partial charge in [-0.25, -0.2) is 13.4 Å². The summed E-state index contributed by atoms with van der Waals surface area (Å²) in [6, 6.07) is 18.0. The van der Waals surface area contributed by atoms with Gasteiger partial charge in [-0.1, -0.05) is 24.3 Å². The number of ether oxygens (including phenoxy) is 1. The normalized spacial score (nSPS) is 11.5. The first-order chi connectivity index (χ1) is 13.5. The molecule has 28 heavy (non-hydrogen) atoms. The van der Waals surface area contributed by atoms with Gasteiger partial charge in [0, 0.05) is 23.6 Å². The van der Waals surface area contributed by atoms with Gasteiger partial charge in [-0.3, -0.25) is 4.72 Å². The molecule has 4 aromatic rings. The number of nitrogens with zero attached hydrogens (tertiary/aromatic N) is 2. The van der Waals surface area contributed by atoms with Crippen LogP contribution in [0.4, 0.5) is 5.69 Å². The number of pyridine rings is 1. The molecule has 142 valence electrons. The van der Waals surface area contributed by atoms with Crippen molar-refractivity contribution in [3.63, 3.8) is 0 Å². The molecule has 0 bridgehead atoms. The Kier molecular flexibility index (Phi) is 4.52. The number of sulfonamides is 1. The topological polar surface area (TPSA) is 72.7 Å². The number of aryl methyl sites for hydroxylation is 1. The lowest BCUT2D eigenvalue weighted by Gasteiger charge is -2.12. The van der Waals surface area contributed by atoms with Crippen LogP contribution in [0.2, 0.25) is 0 Å². The van der Waals surface area contributed by atoms with Gasteiger partial charge < -0.3 is 9.14 Å². The molecule has 6 nitrogen and oxygen atoms in total. The molecule has 0 radical (unpaired) electrons. The number of hydrogen-bond donors (Lipinski definition) is 1. The maximum absolute atomic E-state index is 12.8. The minimum atomic E-state index is -3.77. The molecule has 1 N–H and O–H groups in total. The Hall–Kier alpha value is -3.32. The highest BCUT2D eigenvalue weighted by Gasteiger charge is 2.20. The molecular weight excluding hydrogens is 374 g/mol. The van der Waals surface area contributed by atoms with Crippen LogP contribution in [-0.4, -0.2) is 24.9 Å². The van der Waals surface area contributed by atoms with Crippen molar-refractivity contribution in [2.75, 3.05) is 11.8 Å². The molecule has 2 aromatic heterocycles. The Morgan fingerprint density at radius 2 is 1.82 bits per heavy atom.